The first-order valence-corrected chi connectivity index (χ1v) is 9.88. The predicted molar refractivity (Wildman–Crippen MR) is 106 cm³/mol. The summed E-state index contributed by atoms with van der Waals surface area (Å²) in [6.07, 6.45) is -2.02. The molecule has 1 aliphatic heterocycles. The number of aliphatic carboxylic acids is 4. The van der Waals surface area contributed by atoms with Gasteiger partial charge in [-0.3, -0.25) is 28.8 Å². The second-order valence-electron chi connectivity index (χ2n) is 7.38. The maximum absolute atomic E-state index is 12.9. The minimum atomic E-state index is -1.74. The third kappa shape index (κ3) is 8.72. The number of rotatable bonds is 13. The van der Waals surface area contributed by atoms with Gasteiger partial charge in [0.1, 0.15) is 18.1 Å². The summed E-state index contributed by atoms with van der Waals surface area (Å²) in [5.74, 6) is -8.53. The normalized spacial score (nSPS) is 18.0. The average Bonchev–Trinajstić information content (AvgIpc) is 3.19. The molecule has 4 unspecified atom stereocenters. The van der Waals surface area contributed by atoms with Crippen molar-refractivity contribution in [2.24, 2.45) is 5.73 Å². The Morgan fingerprint density at radius 3 is 1.97 bits per heavy atom. The minimum Gasteiger partial charge on any atom is -0.481 e. The van der Waals surface area contributed by atoms with Crippen LogP contribution in [0.5, 0.6) is 0 Å². The van der Waals surface area contributed by atoms with Crippen molar-refractivity contribution in [1.29, 1.82) is 0 Å². The van der Waals surface area contributed by atoms with Gasteiger partial charge in [-0.05, 0) is 19.3 Å². The Morgan fingerprint density at radius 2 is 1.45 bits per heavy atom. The first-order valence-electron chi connectivity index (χ1n) is 9.88. The van der Waals surface area contributed by atoms with E-state index < -0.39 is 85.0 Å². The number of hydrogen-bond acceptors (Lipinski definition) is 8. The molecule has 1 saturated heterocycles. The molecule has 0 bridgehead atoms. The standard InChI is InChI=1S/C18H26N4O11/c19-8(3-4-12(23)24)15(29)20-9(6-13(25)26)17(31)22-5-1-2-11(22)16(30)21-10(18(32)33)7-14(27)28/h8-11H,1-7,19H2,(H,20,29)(H,21,30)(H,23,24)(H,25,26)(H,27,28)(H,32,33). The van der Waals surface area contributed by atoms with E-state index in [2.05, 4.69) is 5.32 Å². The number of likely N-dealkylation sites (tertiary alicyclic amines) is 1. The maximum atomic E-state index is 12.9. The Morgan fingerprint density at radius 1 is 0.879 bits per heavy atom. The SMILES string of the molecule is NC(CCC(=O)O)C(=O)NC(CC(=O)O)C(=O)N1CCCC1C(=O)NC(CC(=O)O)C(=O)O. The molecule has 0 spiro atoms. The molecule has 3 amide bonds. The maximum Gasteiger partial charge on any atom is 0.326 e. The third-order valence-electron chi connectivity index (χ3n) is 4.83. The van der Waals surface area contributed by atoms with Crippen molar-refractivity contribution < 1.29 is 54.0 Å². The second-order valence-corrected chi connectivity index (χ2v) is 7.38. The molecule has 184 valence electrons. The lowest BCUT2D eigenvalue weighted by Gasteiger charge is -2.29. The van der Waals surface area contributed by atoms with Gasteiger partial charge in [0.25, 0.3) is 0 Å². The Kier molecular flexibility index (Phi) is 10.2. The molecule has 8 N–H and O–H groups in total. The number of carbonyl (C=O) groups is 7. The molecule has 4 atom stereocenters. The number of carboxylic acids is 4. The summed E-state index contributed by atoms with van der Waals surface area (Å²) in [5, 5.41) is 39.9. The number of nitrogens with two attached hydrogens (primary N) is 1. The van der Waals surface area contributed by atoms with Crippen molar-refractivity contribution in [3.63, 3.8) is 0 Å². The van der Waals surface area contributed by atoms with Gasteiger partial charge in [-0.2, -0.15) is 0 Å². The van der Waals surface area contributed by atoms with Crippen LogP contribution in [-0.2, 0) is 33.6 Å². The van der Waals surface area contributed by atoms with Crippen LogP contribution in [0, 0.1) is 0 Å². The van der Waals surface area contributed by atoms with E-state index in [4.69, 9.17) is 26.2 Å². The number of carbonyl (C=O) groups excluding carboxylic acids is 3. The summed E-state index contributed by atoms with van der Waals surface area (Å²) < 4.78 is 0. The highest BCUT2D eigenvalue weighted by molar-refractivity contribution is 5.96. The minimum absolute atomic E-state index is 0.00461. The van der Waals surface area contributed by atoms with Gasteiger partial charge in [0.05, 0.1) is 18.9 Å². The quantitative estimate of drug-likeness (QED) is 0.143. The molecule has 15 nitrogen and oxygen atoms in total. The fraction of sp³-hybridized carbons (Fsp3) is 0.611. The van der Waals surface area contributed by atoms with E-state index in [1.54, 1.807) is 0 Å². The summed E-state index contributed by atoms with van der Waals surface area (Å²) in [7, 11) is 0. The van der Waals surface area contributed by atoms with Crippen molar-refractivity contribution in [3.05, 3.63) is 0 Å². The fourth-order valence-corrected chi connectivity index (χ4v) is 3.21. The number of amides is 3. The number of hydrogen-bond donors (Lipinski definition) is 7. The monoisotopic (exact) mass is 474 g/mol. The second kappa shape index (κ2) is 12.3. The lowest BCUT2D eigenvalue weighted by atomic mass is 10.1. The zero-order valence-corrected chi connectivity index (χ0v) is 17.4. The van der Waals surface area contributed by atoms with Crippen LogP contribution in [0.1, 0.15) is 38.5 Å². The van der Waals surface area contributed by atoms with Crippen LogP contribution in [0.25, 0.3) is 0 Å². The zero-order valence-electron chi connectivity index (χ0n) is 17.4. The van der Waals surface area contributed by atoms with E-state index in [1.807, 2.05) is 5.32 Å². The molecule has 1 rings (SSSR count). The molecule has 1 fully saturated rings. The molecule has 0 radical (unpaired) electrons. The lowest BCUT2D eigenvalue weighted by Crippen LogP contribution is -2.57. The van der Waals surface area contributed by atoms with Gasteiger partial charge in [-0.1, -0.05) is 0 Å². The molecule has 0 saturated carbocycles. The third-order valence-corrected chi connectivity index (χ3v) is 4.83. The highest BCUT2D eigenvalue weighted by Gasteiger charge is 2.40. The van der Waals surface area contributed by atoms with Gasteiger partial charge in [0, 0.05) is 13.0 Å². The summed E-state index contributed by atoms with van der Waals surface area (Å²) in [6, 6.07) is -5.89. The molecule has 15 heteroatoms. The fourth-order valence-electron chi connectivity index (χ4n) is 3.21. The predicted octanol–water partition coefficient (Wildman–Crippen LogP) is -2.83. The first kappa shape index (κ1) is 27.3. The van der Waals surface area contributed by atoms with Crippen molar-refractivity contribution in [2.75, 3.05) is 6.54 Å². The molecule has 0 aromatic rings. The number of nitrogens with zero attached hydrogens (tertiary/aromatic N) is 1. The van der Waals surface area contributed by atoms with Crippen LogP contribution in [-0.4, -0.2) is 97.6 Å². The summed E-state index contributed by atoms with van der Waals surface area (Å²) in [6.45, 7) is 0.00461. The van der Waals surface area contributed by atoms with Gasteiger partial charge in [0.15, 0.2) is 0 Å². The van der Waals surface area contributed by atoms with Gasteiger partial charge in [0.2, 0.25) is 17.7 Å². The Bertz CT molecular complexity index is 815. The van der Waals surface area contributed by atoms with E-state index in [-0.39, 0.29) is 19.4 Å². The highest BCUT2D eigenvalue weighted by Crippen LogP contribution is 2.20. The van der Waals surface area contributed by atoms with Crippen LogP contribution in [0.15, 0.2) is 0 Å². The highest BCUT2D eigenvalue weighted by atomic mass is 16.4. The van der Waals surface area contributed by atoms with Crippen LogP contribution in [0.2, 0.25) is 0 Å². The van der Waals surface area contributed by atoms with Crippen LogP contribution >= 0.6 is 0 Å². The van der Waals surface area contributed by atoms with E-state index in [0.29, 0.717) is 6.42 Å². The Labute approximate surface area is 186 Å². The summed E-state index contributed by atoms with van der Waals surface area (Å²) in [5.41, 5.74) is 5.58. The number of carboxylic acid groups (broad SMARTS) is 4. The van der Waals surface area contributed by atoms with Gasteiger partial charge in [-0.15, -0.1) is 0 Å². The van der Waals surface area contributed by atoms with Gasteiger partial charge >= 0.3 is 23.9 Å². The molecular formula is C18H26N4O11. The average molecular weight is 474 g/mol. The van der Waals surface area contributed by atoms with Crippen molar-refractivity contribution in [3.8, 4) is 0 Å². The zero-order chi connectivity index (χ0) is 25.3. The van der Waals surface area contributed by atoms with Crippen LogP contribution in [0.4, 0.5) is 0 Å². The van der Waals surface area contributed by atoms with E-state index >= 15 is 0 Å². The Hall–Kier alpha value is -3.75. The Balaban J connectivity index is 2.95. The smallest absolute Gasteiger partial charge is 0.326 e. The van der Waals surface area contributed by atoms with Crippen LogP contribution in [0.3, 0.4) is 0 Å². The number of nitrogens with one attached hydrogen (secondary N) is 2. The molecule has 1 heterocycles. The van der Waals surface area contributed by atoms with Crippen molar-refractivity contribution >= 4 is 41.6 Å². The summed E-state index contributed by atoms with van der Waals surface area (Å²) in [4.78, 5) is 82.5. The molecule has 1 aliphatic rings. The lowest BCUT2D eigenvalue weighted by molar-refractivity contribution is -0.149. The van der Waals surface area contributed by atoms with E-state index in [0.717, 1.165) is 4.90 Å². The molecule has 0 aromatic heterocycles. The largest absolute Gasteiger partial charge is 0.481 e. The van der Waals surface area contributed by atoms with Crippen molar-refractivity contribution in [2.45, 2.75) is 62.7 Å². The van der Waals surface area contributed by atoms with Gasteiger partial charge < -0.3 is 41.7 Å². The molecule has 0 aliphatic carbocycles. The first-order chi connectivity index (χ1) is 15.3. The van der Waals surface area contributed by atoms with Crippen molar-refractivity contribution in [1.82, 2.24) is 15.5 Å². The molecule has 0 aromatic carbocycles. The topological polar surface area (TPSA) is 254 Å². The summed E-state index contributed by atoms with van der Waals surface area (Å²) >= 11 is 0. The molecule has 33 heavy (non-hydrogen) atoms. The molecular weight excluding hydrogens is 448 g/mol. The van der Waals surface area contributed by atoms with E-state index in [9.17, 15) is 33.6 Å². The van der Waals surface area contributed by atoms with E-state index in [1.165, 1.54) is 0 Å². The van der Waals surface area contributed by atoms with Crippen LogP contribution < -0.4 is 16.4 Å². The van der Waals surface area contributed by atoms with Gasteiger partial charge in [-0.25, -0.2) is 4.79 Å².